The molecule has 1 unspecified atom stereocenters. The van der Waals surface area contributed by atoms with E-state index in [9.17, 15) is 0 Å². The van der Waals surface area contributed by atoms with Crippen LogP contribution in [0.25, 0.3) is 11.3 Å². The molecule has 1 atom stereocenters. The molecule has 2 N–H and O–H groups in total. The van der Waals surface area contributed by atoms with Crippen molar-refractivity contribution in [3.63, 3.8) is 0 Å². The van der Waals surface area contributed by atoms with E-state index < -0.39 is 0 Å². The van der Waals surface area contributed by atoms with Gasteiger partial charge < -0.3 is 5.73 Å². The lowest BCUT2D eigenvalue weighted by Crippen LogP contribution is -2.39. The van der Waals surface area contributed by atoms with E-state index in [1.807, 2.05) is 6.07 Å². The second-order valence-electron chi connectivity index (χ2n) is 6.16. The lowest BCUT2D eigenvalue weighted by molar-refractivity contribution is 0.260. The summed E-state index contributed by atoms with van der Waals surface area (Å²) in [5.41, 5.74) is 9.05. The first kappa shape index (κ1) is 13.8. The molecule has 0 aliphatic heterocycles. The molecule has 2 aromatic rings. The van der Waals surface area contributed by atoms with E-state index in [4.69, 9.17) is 10.7 Å². The van der Waals surface area contributed by atoms with Crippen molar-refractivity contribution < 1.29 is 0 Å². The van der Waals surface area contributed by atoms with E-state index in [2.05, 4.69) is 36.6 Å². The third-order valence-corrected chi connectivity index (χ3v) is 5.53. The molecule has 0 saturated heterocycles. The van der Waals surface area contributed by atoms with Crippen LogP contribution in [-0.4, -0.2) is 11.0 Å². The van der Waals surface area contributed by atoms with Crippen molar-refractivity contribution in [2.45, 2.75) is 45.1 Å². The van der Waals surface area contributed by atoms with Crippen LogP contribution in [0, 0.1) is 5.41 Å². The zero-order valence-electron chi connectivity index (χ0n) is 12.0. The minimum absolute atomic E-state index is 0.236. The summed E-state index contributed by atoms with van der Waals surface area (Å²) >= 11 is 1.74. The Hall–Kier alpha value is -1.19. The smallest absolute Gasteiger partial charge is 0.0948 e. The molecule has 1 aliphatic carbocycles. The van der Waals surface area contributed by atoms with Crippen LogP contribution in [0.15, 0.2) is 35.7 Å². The molecule has 106 valence electrons. The molecule has 0 radical (unpaired) electrons. The van der Waals surface area contributed by atoms with Gasteiger partial charge in [-0.05, 0) is 18.3 Å². The van der Waals surface area contributed by atoms with Gasteiger partial charge in [-0.2, -0.15) is 0 Å². The van der Waals surface area contributed by atoms with Gasteiger partial charge in [0.2, 0.25) is 0 Å². The number of rotatable bonds is 4. The van der Waals surface area contributed by atoms with Crippen molar-refractivity contribution >= 4 is 11.3 Å². The van der Waals surface area contributed by atoms with E-state index >= 15 is 0 Å². The van der Waals surface area contributed by atoms with Crippen molar-refractivity contribution in [3.8, 4) is 11.3 Å². The molecule has 20 heavy (non-hydrogen) atoms. The van der Waals surface area contributed by atoms with Crippen molar-refractivity contribution in [2.24, 2.45) is 11.1 Å². The lowest BCUT2D eigenvalue weighted by Gasteiger charge is -2.30. The van der Waals surface area contributed by atoms with Gasteiger partial charge in [0.1, 0.15) is 0 Å². The lowest BCUT2D eigenvalue weighted by atomic mass is 9.80. The largest absolute Gasteiger partial charge is 0.327 e. The SMILES string of the molecule is CC1(C(N)Cc2nc(-c3ccccc3)cs2)CCCC1. The zero-order valence-corrected chi connectivity index (χ0v) is 12.8. The van der Waals surface area contributed by atoms with Crippen LogP contribution in [0.3, 0.4) is 0 Å². The van der Waals surface area contributed by atoms with Gasteiger partial charge in [0.25, 0.3) is 0 Å². The average molecular weight is 286 g/mol. The molecule has 3 rings (SSSR count). The van der Waals surface area contributed by atoms with Crippen molar-refractivity contribution in [3.05, 3.63) is 40.7 Å². The Morgan fingerprint density at radius 2 is 1.95 bits per heavy atom. The molecule has 0 amide bonds. The van der Waals surface area contributed by atoms with Crippen LogP contribution in [0.1, 0.15) is 37.6 Å². The maximum Gasteiger partial charge on any atom is 0.0948 e. The van der Waals surface area contributed by atoms with E-state index in [0.29, 0.717) is 5.41 Å². The van der Waals surface area contributed by atoms with E-state index in [1.165, 1.54) is 36.3 Å². The number of aromatic nitrogens is 1. The zero-order chi connectivity index (χ0) is 14.0. The molecule has 0 bridgehead atoms. The van der Waals surface area contributed by atoms with Gasteiger partial charge in [0.05, 0.1) is 10.7 Å². The monoisotopic (exact) mass is 286 g/mol. The number of thiazole rings is 1. The minimum atomic E-state index is 0.236. The fourth-order valence-electron chi connectivity index (χ4n) is 3.13. The highest BCUT2D eigenvalue weighted by Gasteiger charge is 2.35. The average Bonchev–Trinajstić information content (AvgIpc) is 3.10. The Kier molecular flexibility index (Phi) is 3.90. The first-order chi connectivity index (χ1) is 9.67. The summed E-state index contributed by atoms with van der Waals surface area (Å²) in [6, 6.07) is 10.6. The molecule has 1 fully saturated rings. The van der Waals surface area contributed by atoms with Crippen LogP contribution in [0.4, 0.5) is 0 Å². The van der Waals surface area contributed by atoms with Crippen LogP contribution in [0.5, 0.6) is 0 Å². The van der Waals surface area contributed by atoms with Gasteiger partial charge in [-0.1, -0.05) is 50.1 Å². The summed E-state index contributed by atoms with van der Waals surface area (Å²) in [6.45, 7) is 2.34. The van der Waals surface area contributed by atoms with E-state index in [1.54, 1.807) is 11.3 Å². The Morgan fingerprint density at radius 3 is 2.65 bits per heavy atom. The third-order valence-electron chi connectivity index (χ3n) is 4.66. The van der Waals surface area contributed by atoms with E-state index in [0.717, 1.165) is 12.1 Å². The Morgan fingerprint density at radius 1 is 1.25 bits per heavy atom. The molecular formula is C17H22N2S. The Labute approximate surface area is 125 Å². The predicted molar refractivity (Wildman–Crippen MR) is 85.8 cm³/mol. The summed E-state index contributed by atoms with van der Waals surface area (Å²) in [4.78, 5) is 4.76. The Balaban J connectivity index is 1.71. The second-order valence-corrected chi connectivity index (χ2v) is 7.11. The van der Waals surface area contributed by atoms with Crippen LogP contribution < -0.4 is 5.73 Å². The quantitative estimate of drug-likeness (QED) is 0.912. The maximum atomic E-state index is 6.46. The van der Waals surface area contributed by atoms with Crippen molar-refractivity contribution in [1.29, 1.82) is 0 Å². The minimum Gasteiger partial charge on any atom is -0.327 e. The van der Waals surface area contributed by atoms with Crippen molar-refractivity contribution in [1.82, 2.24) is 4.98 Å². The van der Waals surface area contributed by atoms with Gasteiger partial charge in [-0.15, -0.1) is 11.3 Å². The van der Waals surface area contributed by atoms with Gasteiger partial charge in [0.15, 0.2) is 0 Å². The van der Waals surface area contributed by atoms with E-state index in [-0.39, 0.29) is 6.04 Å². The van der Waals surface area contributed by atoms with Gasteiger partial charge in [-0.3, -0.25) is 0 Å². The highest BCUT2D eigenvalue weighted by molar-refractivity contribution is 7.09. The molecule has 1 saturated carbocycles. The first-order valence-electron chi connectivity index (χ1n) is 7.43. The van der Waals surface area contributed by atoms with Crippen LogP contribution in [-0.2, 0) is 6.42 Å². The molecule has 1 aliphatic rings. The van der Waals surface area contributed by atoms with Gasteiger partial charge in [0, 0.05) is 23.4 Å². The van der Waals surface area contributed by atoms with Gasteiger partial charge in [-0.25, -0.2) is 4.98 Å². The normalized spacial score (nSPS) is 19.1. The fourth-order valence-corrected chi connectivity index (χ4v) is 4.00. The van der Waals surface area contributed by atoms with Gasteiger partial charge >= 0.3 is 0 Å². The molecule has 0 spiro atoms. The number of nitrogens with two attached hydrogens (primary N) is 1. The summed E-state index contributed by atoms with van der Waals surface area (Å²) < 4.78 is 0. The highest BCUT2D eigenvalue weighted by Crippen LogP contribution is 2.41. The molecule has 1 heterocycles. The highest BCUT2D eigenvalue weighted by atomic mass is 32.1. The summed E-state index contributed by atoms with van der Waals surface area (Å²) in [7, 11) is 0. The fraction of sp³-hybridized carbons (Fsp3) is 0.471. The topological polar surface area (TPSA) is 38.9 Å². The molecule has 2 nitrogen and oxygen atoms in total. The number of nitrogens with zero attached hydrogens (tertiary/aromatic N) is 1. The number of benzene rings is 1. The predicted octanol–water partition coefficient (Wildman–Crippen LogP) is 4.26. The Bertz CT molecular complexity index is 555. The molecule has 3 heteroatoms. The maximum absolute atomic E-state index is 6.46. The number of hydrogen-bond acceptors (Lipinski definition) is 3. The first-order valence-corrected chi connectivity index (χ1v) is 8.31. The third kappa shape index (κ3) is 2.79. The van der Waals surface area contributed by atoms with Crippen LogP contribution in [0.2, 0.25) is 0 Å². The standard InChI is InChI=1S/C17H22N2S/c1-17(9-5-6-10-17)15(18)11-16-19-14(12-20-16)13-7-3-2-4-8-13/h2-4,7-8,12,15H,5-6,9-11,18H2,1H3. The van der Waals surface area contributed by atoms with Crippen LogP contribution >= 0.6 is 11.3 Å². The number of hydrogen-bond donors (Lipinski definition) is 1. The molecular weight excluding hydrogens is 264 g/mol. The van der Waals surface area contributed by atoms with Crippen molar-refractivity contribution in [2.75, 3.05) is 0 Å². The second kappa shape index (κ2) is 5.66. The molecule has 1 aromatic heterocycles. The summed E-state index contributed by atoms with van der Waals surface area (Å²) in [5.74, 6) is 0. The summed E-state index contributed by atoms with van der Waals surface area (Å²) in [5, 5.41) is 3.32. The summed E-state index contributed by atoms with van der Waals surface area (Å²) in [6.07, 6.45) is 6.11. The molecule has 1 aromatic carbocycles.